The lowest BCUT2D eigenvalue weighted by Crippen LogP contribution is -2.26. The molecule has 8 nitrogen and oxygen atoms in total. The van der Waals surface area contributed by atoms with Crippen LogP contribution in [0.2, 0.25) is 0 Å². The molecule has 1 aliphatic carbocycles. The molecule has 1 aromatic heterocycles. The van der Waals surface area contributed by atoms with Crippen molar-refractivity contribution in [2.24, 2.45) is 5.92 Å². The predicted molar refractivity (Wildman–Crippen MR) is 105 cm³/mol. The van der Waals surface area contributed by atoms with Crippen molar-refractivity contribution in [2.45, 2.75) is 31.8 Å². The molecular formula is C21H22N4O4. The Labute approximate surface area is 168 Å². The van der Waals surface area contributed by atoms with Crippen LogP contribution in [0.3, 0.4) is 0 Å². The SMILES string of the molecule is COc1cc(-c2cc(NC(=O)C3CC3)ncn2)cc(C#N)c1OC1CCOCC1. The van der Waals surface area contributed by atoms with Crippen LogP contribution in [0.1, 0.15) is 31.2 Å². The van der Waals surface area contributed by atoms with Crippen molar-refractivity contribution >= 4 is 11.7 Å². The van der Waals surface area contributed by atoms with Crippen LogP contribution in [0.4, 0.5) is 5.82 Å². The van der Waals surface area contributed by atoms with Crippen molar-refractivity contribution in [3.63, 3.8) is 0 Å². The Balaban J connectivity index is 1.62. The van der Waals surface area contributed by atoms with Gasteiger partial charge in [0.1, 0.15) is 24.3 Å². The second-order valence-electron chi connectivity index (χ2n) is 7.15. The van der Waals surface area contributed by atoms with Crippen molar-refractivity contribution < 1.29 is 19.0 Å². The minimum atomic E-state index is -0.0230. The first-order valence-electron chi connectivity index (χ1n) is 9.67. The first-order valence-corrected chi connectivity index (χ1v) is 9.67. The van der Waals surface area contributed by atoms with E-state index in [1.165, 1.54) is 6.33 Å². The lowest BCUT2D eigenvalue weighted by Gasteiger charge is -2.25. The molecule has 1 amide bonds. The molecule has 8 heteroatoms. The van der Waals surface area contributed by atoms with Gasteiger partial charge < -0.3 is 19.5 Å². The molecule has 29 heavy (non-hydrogen) atoms. The summed E-state index contributed by atoms with van der Waals surface area (Å²) in [5, 5.41) is 12.5. The van der Waals surface area contributed by atoms with Gasteiger partial charge in [0.2, 0.25) is 5.91 Å². The molecule has 2 fully saturated rings. The van der Waals surface area contributed by atoms with E-state index in [-0.39, 0.29) is 17.9 Å². The molecule has 0 unspecified atom stereocenters. The maximum absolute atomic E-state index is 12.0. The normalized spacial score (nSPS) is 16.7. The zero-order chi connectivity index (χ0) is 20.2. The highest BCUT2D eigenvalue weighted by Gasteiger charge is 2.30. The van der Waals surface area contributed by atoms with Crippen molar-refractivity contribution in [1.29, 1.82) is 5.26 Å². The number of nitrogens with zero attached hydrogens (tertiary/aromatic N) is 3. The van der Waals surface area contributed by atoms with Gasteiger partial charge >= 0.3 is 0 Å². The summed E-state index contributed by atoms with van der Waals surface area (Å²) in [4.78, 5) is 20.4. The van der Waals surface area contributed by atoms with E-state index in [0.29, 0.717) is 47.4 Å². The number of amides is 1. The number of benzene rings is 1. The highest BCUT2D eigenvalue weighted by molar-refractivity contribution is 5.93. The van der Waals surface area contributed by atoms with Crippen molar-refractivity contribution in [3.05, 3.63) is 30.1 Å². The molecule has 0 atom stereocenters. The third kappa shape index (κ3) is 4.46. The summed E-state index contributed by atoms with van der Waals surface area (Å²) in [6.07, 6.45) is 4.75. The number of nitriles is 1. The summed E-state index contributed by atoms with van der Waals surface area (Å²) < 4.78 is 17.0. The Morgan fingerprint density at radius 3 is 2.69 bits per heavy atom. The van der Waals surface area contributed by atoms with Gasteiger partial charge in [-0.1, -0.05) is 0 Å². The summed E-state index contributed by atoms with van der Waals surface area (Å²) in [6.45, 7) is 1.28. The molecule has 2 aromatic rings. The topological polar surface area (TPSA) is 106 Å². The Morgan fingerprint density at radius 1 is 1.21 bits per heavy atom. The van der Waals surface area contributed by atoms with Crippen LogP contribution in [0.15, 0.2) is 24.5 Å². The van der Waals surface area contributed by atoms with Crippen LogP contribution >= 0.6 is 0 Å². The second kappa shape index (κ2) is 8.45. The standard InChI is InChI=1S/C21H22N4O4/c1-27-18-9-14(8-15(11-22)20(18)29-16-4-6-28-7-5-16)17-10-19(24-12-23-17)25-21(26)13-2-3-13/h8-10,12-13,16H,2-7H2,1H3,(H,23,24,25,26). The maximum Gasteiger partial charge on any atom is 0.228 e. The summed E-state index contributed by atoms with van der Waals surface area (Å²) in [6, 6.07) is 7.38. The number of hydrogen-bond donors (Lipinski definition) is 1. The fraction of sp³-hybridized carbons (Fsp3) is 0.429. The molecule has 0 radical (unpaired) electrons. The van der Waals surface area contributed by atoms with E-state index < -0.39 is 0 Å². The number of nitrogens with one attached hydrogen (secondary N) is 1. The van der Waals surface area contributed by atoms with E-state index >= 15 is 0 Å². The van der Waals surface area contributed by atoms with Gasteiger partial charge in [-0.2, -0.15) is 5.26 Å². The maximum atomic E-state index is 12.0. The molecule has 0 bridgehead atoms. The second-order valence-corrected chi connectivity index (χ2v) is 7.15. The number of carbonyl (C=O) groups is 1. The van der Waals surface area contributed by atoms with E-state index in [4.69, 9.17) is 14.2 Å². The van der Waals surface area contributed by atoms with E-state index in [1.54, 1.807) is 25.3 Å². The van der Waals surface area contributed by atoms with Crippen LogP contribution in [0, 0.1) is 17.2 Å². The molecule has 2 aliphatic rings. The van der Waals surface area contributed by atoms with Gasteiger partial charge in [-0.25, -0.2) is 9.97 Å². The number of carbonyl (C=O) groups excluding carboxylic acids is 1. The van der Waals surface area contributed by atoms with Crippen LogP contribution in [-0.4, -0.2) is 42.3 Å². The number of ether oxygens (including phenoxy) is 3. The molecule has 4 rings (SSSR count). The number of rotatable bonds is 6. The fourth-order valence-corrected chi connectivity index (χ4v) is 3.22. The molecular weight excluding hydrogens is 372 g/mol. The van der Waals surface area contributed by atoms with Crippen LogP contribution in [0.5, 0.6) is 11.5 Å². The monoisotopic (exact) mass is 394 g/mol. The highest BCUT2D eigenvalue weighted by Crippen LogP contribution is 2.37. The summed E-state index contributed by atoms with van der Waals surface area (Å²) in [5.41, 5.74) is 1.63. The zero-order valence-electron chi connectivity index (χ0n) is 16.2. The van der Waals surface area contributed by atoms with E-state index in [9.17, 15) is 10.1 Å². The minimum absolute atomic E-state index is 0.0149. The van der Waals surface area contributed by atoms with E-state index in [1.807, 2.05) is 0 Å². The molecule has 2 heterocycles. The molecule has 1 saturated heterocycles. The molecule has 0 spiro atoms. The quantitative estimate of drug-likeness (QED) is 0.803. The Hall–Kier alpha value is -3.18. The van der Waals surface area contributed by atoms with Crippen LogP contribution in [0.25, 0.3) is 11.3 Å². The first-order chi connectivity index (χ1) is 14.2. The van der Waals surface area contributed by atoms with Gasteiger partial charge in [0.15, 0.2) is 11.5 Å². The summed E-state index contributed by atoms with van der Waals surface area (Å²) in [7, 11) is 1.54. The molecule has 1 aromatic carbocycles. The average molecular weight is 394 g/mol. The lowest BCUT2D eigenvalue weighted by molar-refractivity contribution is -0.117. The highest BCUT2D eigenvalue weighted by atomic mass is 16.5. The molecule has 1 N–H and O–H groups in total. The fourth-order valence-electron chi connectivity index (χ4n) is 3.22. The van der Waals surface area contributed by atoms with Gasteiger partial charge in [-0.3, -0.25) is 4.79 Å². The third-order valence-corrected chi connectivity index (χ3v) is 5.01. The van der Waals surface area contributed by atoms with Crippen molar-refractivity contribution in [1.82, 2.24) is 9.97 Å². The predicted octanol–water partition coefficient (Wildman–Crippen LogP) is 2.93. The molecule has 150 valence electrons. The Bertz CT molecular complexity index is 946. The van der Waals surface area contributed by atoms with Crippen LogP contribution in [-0.2, 0) is 9.53 Å². The number of hydrogen-bond acceptors (Lipinski definition) is 7. The largest absolute Gasteiger partial charge is 0.493 e. The van der Waals surface area contributed by atoms with Gasteiger partial charge in [0, 0.05) is 30.4 Å². The average Bonchev–Trinajstić information content (AvgIpc) is 3.60. The third-order valence-electron chi connectivity index (χ3n) is 5.01. The molecule has 1 saturated carbocycles. The van der Waals surface area contributed by atoms with Crippen molar-refractivity contribution in [2.75, 3.05) is 25.6 Å². The number of aromatic nitrogens is 2. The number of methoxy groups -OCH3 is 1. The summed E-state index contributed by atoms with van der Waals surface area (Å²) >= 11 is 0. The van der Waals surface area contributed by atoms with E-state index in [0.717, 1.165) is 25.7 Å². The van der Waals surface area contributed by atoms with Crippen molar-refractivity contribution in [3.8, 4) is 28.8 Å². The van der Waals surface area contributed by atoms with E-state index in [2.05, 4.69) is 21.4 Å². The van der Waals surface area contributed by atoms with Crippen LogP contribution < -0.4 is 14.8 Å². The number of anilines is 1. The summed E-state index contributed by atoms with van der Waals surface area (Å²) in [5.74, 6) is 1.40. The minimum Gasteiger partial charge on any atom is -0.493 e. The smallest absolute Gasteiger partial charge is 0.228 e. The lowest BCUT2D eigenvalue weighted by atomic mass is 10.1. The first kappa shape index (κ1) is 19.2. The zero-order valence-corrected chi connectivity index (χ0v) is 16.2. The van der Waals surface area contributed by atoms with Gasteiger partial charge in [-0.05, 0) is 25.0 Å². The van der Waals surface area contributed by atoms with Gasteiger partial charge in [-0.15, -0.1) is 0 Å². The van der Waals surface area contributed by atoms with Gasteiger partial charge in [0.05, 0.1) is 31.6 Å². The Kier molecular flexibility index (Phi) is 5.58. The molecule has 1 aliphatic heterocycles. The van der Waals surface area contributed by atoms with Gasteiger partial charge in [0.25, 0.3) is 0 Å². The Morgan fingerprint density at radius 2 is 2.00 bits per heavy atom.